The third-order valence-electron chi connectivity index (χ3n) is 1.93. The maximum atomic E-state index is 5.87. The lowest BCUT2D eigenvalue weighted by Crippen LogP contribution is -1.93. The molecule has 0 spiro atoms. The van der Waals surface area contributed by atoms with E-state index in [2.05, 4.69) is 13.5 Å². The van der Waals surface area contributed by atoms with E-state index in [1.807, 2.05) is 31.2 Å². The monoisotopic (exact) mass is 179 g/mol. The number of aryl methyl sites for hydroxylation is 1. The molecular weight excluding hydrogens is 168 g/mol. The molecule has 0 saturated heterocycles. The van der Waals surface area contributed by atoms with Crippen molar-refractivity contribution in [2.24, 2.45) is 0 Å². The van der Waals surface area contributed by atoms with Gasteiger partial charge >= 0.3 is 0 Å². The maximum absolute atomic E-state index is 5.87. The van der Waals surface area contributed by atoms with E-state index >= 15 is 0 Å². The SMILES string of the molecule is C=C[C](C)c1cc(Cl)ccc1C. The van der Waals surface area contributed by atoms with E-state index < -0.39 is 0 Å². The average molecular weight is 180 g/mol. The van der Waals surface area contributed by atoms with Crippen LogP contribution in [0.4, 0.5) is 0 Å². The molecule has 0 heterocycles. The number of hydrogen-bond donors (Lipinski definition) is 0. The Morgan fingerprint density at radius 2 is 2.17 bits per heavy atom. The zero-order valence-corrected chi connectivity index (χ0v) is 8.15. The highest BCUT2D eigenvalue weighted by Crippen LogP contribution is 2.22. The summed E-state index contributed by atoms with van der Waals surface area (Å²) in [6.07, 6.45) is 1.85. The van der Waals surface area contributed by atoms with Crippen molar-refractivity contribution in [3.05, 3.63) is 52.9 Å². The third-order valence-corrected chi connectivity index (χ3v) is 2.17. The van der Waals surface area contributed by atoms with Crippen LogP contribution in [0.15, 0.2) is 30.9 Å². The van der Waals surface area contributed by atoms with Gasteiger partial charge in [0.2, 0.25) is 0 Å². The summed E-state index contributed by atoms with van der Waals surface area (Å²) < 4.78 is 0. The lowest BCUT2D eigenvalue weighted by atomic mass is 9.97. The first-order chi connectivity index (χ1) is 5.65. The molecule has 0 aliphatic carbocycles. The van der Waals surface area contributed by atoms with Crippen LogP contribution in [0.1, 0.15) is 18.1 Å². The van der Waals surface area contributed by atoms with Crippen molar-refractivity contribution in [2.75, 3.05) is 0 Å². The molecule has 12 heavy (non-hydrogen) atoms. The number of allylic oxidation sites excluding steroid dienone is 1. The lowest BCUT2D eigenvalue weighted by Gasteiger charge is -2.09. The van der Waals surface area contributed by atoms with Crippen molar-refractivity contribution < 1.29 is 0 Å². The number of benzene rings is 1. The standard InChI is InChI=1S/C11H12Cl/c1-4-8(2)11-7-10(12)6-5-9(11)3/h4-7H,1H2,2-3H3. The molecule has 0 aliphatic heterocycles. The fourth-order valence-electron chi connectivity index (χ4n) is 1.13. The topological polar surface area (TPSA) is 0 Å². The molecule has 0 aromatic heterocycles. The van der Waals surface area contributed by atoms with E-state index in [-0.39, 0.29) is 0 Å². The van der Waals surface area contributed by atoms with Gasteiger partial charge in [-0.25, -0.2) is 0 Å². The van der Waals surface area contributed by atoms with Gasteiger partial charge in [0.1, 0.15) is 0 Å². The molecule has 0 N–H and O–H groups in total. The van der Waals surface area contributed by atoms with Crippen molar-refractivity contribution in [3.8, 4) is 0 Å². The molecule has 0 atom stereocenters. The Morgan fingerprint density at radius 1 is 1.50 bits per heavy atom. The number of hydrogen-bond acceptors (Lipinski definition) is 0. The van der Waals surface area contributed by atoms with Gasteiger partial charge in [0.15, 0.2) is 0 Å². The maximum Gasteiger partial charge on any atom is 0.0409 e. The van der Waals surface area contributed by atoms with Gasteiger partial charge in [-0.05, 0) is 30.2 Å². The Morgan fingerprint density at radius 3 is 2.75 bits per heavy atom. The second-order valence-electron chi connectivity index (χ2n) is 2.85. The lowest BCUT2D eigenvalue weighted by molar-refractivity contribution is 1.21. The fraction of sp³-hybridized carbons (Fsp3) is 0.182. The van der Waals surface area contributed by atoms with Crippen LogP contribution in [0.3, 0.4) is 0 Å². The highest BCUT2D eigenvalue weighted by atomic mass is 35.5. The van der Waals surface area contributed by atoms with Crippen molar-refractivity contribution in [1.29, 1.82) is 0 Å². The first-order valence-corrected chi connectivity index (χ1v) is 4.25. The zero-order chi connectivity index (χ0) is 9.14. The van der Waals surface area contributed by atoms with E-state index in [4.69, 9.17) is 11.6 Å². The molecular formula is C11H12Cl. The van der Waals surface area contributed by atoms with Crippen LogP contribution in [0.2, 0.25) is 5.02 Å². The molecule has 0 bridgehead atoms. The first kappa shape index (κ1) is 9.34. The first-order valence-electron chi connectivity index (χ1n) is 3.87. The Hall–Kier alpha value is -0.750. The third kappa shape index (κ3) is 1.89. The second kappa shape index (κ2) is 3.77. The predicted octanol–water partition coefficient (Wildman–Crippen LogP) is 3.78. The van der Waals surface area contributed by atoms with Gasteiger partial charge in [-0.2, -0.15) is 0 Å². The van der Waals surface area contributed by atoms with Gasteiger partial charge in [-0.15, -0.1) is 6.58 Å². The van der Waals surface area contributed by atoms with Crippen LogP contribution in [0.25, 0.3) is 0 Å². The van der Waals surface area contributed by atoms with Crippen molar-refractivity contribution >= 4 is 11.6 Å². The molecule has 1 aromatic rings. The summed E-state index contributed by atoms with van der Waals surface area (Å²) >= 11 is 5.87. The molecule has 0 saturated carbocycles. The van der Waals surface area contributed by atoms with Gasteiger partial charge < -0.3 is 0 Å². The Bertz CT molecular complexity index is 289. The molecule has 1 heteroatoms. The summed E-state index contributed by atoms with van der Waals surface area (Å²) in [5.41, 5.74) is 2.41. The highest BCUT2D eigenvalue weighted by Gasteiger charge is 2.05. The van der Waals surface area contributed by atoms with Gasteiger partial charge in [0.25, 0.3) is 0 Å². The normalized spacial score (nSPS) is 10.3. The minimum atomic E-state index is 0.775. The number of rotatable bonds is 2. The summed E-state index contributed by atoms with van der Waals surface area (Å²) in [7, 11) is 0. The van der Waals surface area contributed by atoms with E-state index in [1.54, 1.807) is 0 Å². The molecule has 1 radical (unpaired) electrons. The zero-order valence-electron chi connectivity index (χ0n) is 7.39. The summed E-state index contributed by atoms with van der Waals surface area (Å²) in [5.74, 6) is 1.16. The molecule has 0 amide bonds. The van der Waals surface area contributed by atoms with Crippen molar-refractivity contribution in [3.63, 3.8) is 0 Å². The smallest absolute Gasteiger partial charge is 0.0409 e. The average Bonchev–Trinajstić information content (AvgIpc) is 2.08. The molecule has 1 rings (SSSR count). The Balaban J connectivity index is 3.12. The minimum absolute atomic E-state index is 0.775. The summed E-state index contributed by atoms with van der Waals surface area (Å²) in [6.45, 7) is 7.83. The van der Waals surface area contributed by atoms with E-state index in [0.29, 0.717) is 0 Å². The largest absolute Gasteiger partial charge is 0.102 e. The summed E-state index contributed by atoms with van der Waals surface area (Å²) in [4.78, 5) is 0. The molecule has 1 aromatic carbocycles. The van der Waals surface area contributed by atoms with Crippen LogP contribution < -0.4 is 0 Å². The van der Waals surface area contributed by atoms with E-state index in [0.717, 1.165) is 10.9 Å². The quantitative estimate of drug-likeness (QED) is 0.648. The summed E-state index contributed by atoms with van der Waals surface area (Å²) in [6, 6.07) is 5.88. The second-order valence-corrected chi connectivity index (χ2v) is 3.28. The minimum Gasteiger partial charge on any atom is -0.102 e. The molecule has 63 valence electrons. The van der Waals surface area contributed by atoms with Gasteiger partial charge in [0, 0.05) is 10.9 Å². The molecule has 0 aliphatic rings. The summed E-state index contributed by atoms with van der Waals surface area (Å²) in [5, 5.41) is 0.775. The van der Waals surface area contributed by atoms with Crippen molar-refractivity contribution in [2.45, 2.75) is 13.8 Å². The van der Waals surface area contributed by atoms with Crippen LogP contribution in [-0.2, 0) is 0 Å². The van der Waals surface area contributed by atoms with Crippen LogP contribution in [0, 0.1) is 12.8 Å². The van der Waals surface area contributed by atoms with Crippen molar-refractivity contribution in [1.82, 2.24) is 0 Å². The van der Waals surface area contributed by atoms with Gasteiger partial charge in [-0.1, -0.05) is 30.7 Å². The molecule has 0 unspecified atom stereocenters. The van der Waals surface area contributed by atoms with Crippen LogP contribution >= 0.6 is 11.6 Å². The number of halogens is 1. The van der Waals surface area contributed by atoms with E-state index in [9.17, 15) is 0 Å². The Kier molecular flexibility index (Phi) is 2.93. The highest BCUT2D eigenvalue weighted by molar-refractivity contribution is 6.30. The molecule has 0 nitrogen and oxygen atoms in total. The Labute approximate surface area is 78.9 Å². The molecule has 0 fully saturated rings. The van der Waals surface area contributed by atoms with Gasteiger partial charge in [-0.3, -0.25) is 0 Å². The van der Waals surface area contributed by atoms with Gasteiger partial charge in [0.05, 0.1) is 0 Å². The van der Waals surface area contributed by atoms with Crippen LogP contribution in [0.5, 0.6) is 0 Å². The fourth-order valence-corrected chi connectivity index (χ4v) is 1.30. The van der Waals surface area contributed by atoms with Crippen LogP contribution in [-0.4, -0.2) is 0 Å². The predicted molar refractivity (Wildman–Crippen MR) is 54.4 cm³/mol. The van der Waals surface area contributed by atoms with E-state index in [1.165, 1.54) is 11.1 Å².